The Kier molecular flexibility index (Phi) is 4.05. The molecular weight excluding hydrogens is 298 g/mol. The van der Waals surface area contributed by atoms with Gasteiger partial charge in [0.2, 0.25) is 5.91 Å². The van der Waals surface area contributed by atoms with Crippen LogP contribution >= 0.6 is 27.3 Å². The molecule has 4 heteroatoms. The molecule has 92 valence electrons. The summed E-state index contributed by atoms with van der Waals surface area (Å²) in [5.74, 6) is 0.132. The number of halogens is 1. The summed E-state index contributed by atoms with van der Waals surface area (Å²) in [5, 5.41) is 0. The van der Waals surface area contributed by atoms with Crippen molar-refractivity contribution in [3.8, 4) is 0 Å². The van der Waals surface area contributed by atoms with E-state index in [0.29, 0.717) is 6.04 Å². The van der Waals surface area contributed by atoms with Gasteiger partial charge in [-0.15, -0.1) is 11.3 Å². The molecule has 1 heterocycles. The average Bonchev–Trinajstić information content (AvgIpc) is 2.98. The van der Waals surface area contributed by atoms with Gasteiger partial charge in [-0.3, -0.25) is 4.79 Å². The number of hydrogen-bond acceptors (Lipinski definition) is 2. The molecule has 1 fully saturated rings. The minimum absolute atomic E-state index is 0.132. The number of thiophene rings is 1. The third-order valence-corrected chi connectivity index (χ3v) is 4.32. The van der Waals surface area contributed by atoms with E-state index in [1.54, 1.807) is 17.4 Å². The maximum absolute atomic E-state index is 12.1. The molecule has 0 unspecified atom stereocenters. The van der Waals surface area contributed by atoms with Crippen LogP contribution in [0.2, 0.25) is 0 Å². The molecule has 1 aromatic rings. The molecule has 0 spiro atoms. The lowest BCUT2D eigenvalue weighted by molar-refractivity contribution is -0.128. The van der Waals surface area contributed by atoms with Gasteiger partial charge in [-0.25, -0.2) is 0 Å². The van der Waals surface area contributed by atoms with Gasteiger partial charge in [0.15, 0.2) is 0 Å². The Labute approximate surface area is 114 Å². The summed E-state index contributed by atoms with van der Waals surface area (Å²) >= 11 is 5.05. The van der Waals surface area contributed by atoms with Crippen LogP contribution in [0.25, 0.3) is 6.08 Å². The molecule has 0 aliphatic heterocycles. The molecule has 0 N–H and O–H groups in total. The van der Waals surface area contributed by atoms with Crippen LogP contribution < -0.4 is 0 Å². The Morgan fingerprint density at radius 1 is 1.53 bits per heavy atom. The normalized spacial score (nSPS) is 15.8. The first kappa shape index (κ1) is 12.8. The van der Waals surface area contributed by atoms with Crippen molar-refractivity contribution in [2.75, 3.05) is 0 Å². The van der Waals surface area contributed by atoms with Crippen LogP contribution in [0.1, 0.15) is 31.6 Å². The third kappa shape index (κ3) is 3.42. The molecule has 0 bridgehead atoms. The zero-order chi connectivity index (χ0) is 12.4. The average molecular weight is 314 g/mol. The Bertz CT molecular complexity index is 432. The minimum atomic E-state index is 0.132. The molecule has 0 aromatic carbocycles. The van der Waals surface area contributed by atoms with Crippen molar-refractivity contribution < 1.29 is 4.79 Å². The van der Waals surface area contributed by atoms with Crippen LogP contribution in [0, 0.1) is 0 Å². The predicted octanol–water partition coefficient (Wildman–Crippen LogP) is 3.92. The summed E-state index contributed by atoms with van der Waals surface area (Å²) in [5.41, 5.74) is 0. The molecule has 1 aliphatic carbocycles. The molecule has 2 rings (SSSR count). The lowest BCUT2D eigenvalue weighted by atomic mass is 10.3. The van der Waals surface area contributed by atoms with Crippen molar-refractivity contribution in [3.63, 3.8) is 0 Å². The second kappa shape index (κ2) is 5.36. The minimum Gasteiger partial charge on any atom is -0.334 e. The summed E-state index contributed by atoms with van der Waals surface area (Å²) in [4.78, 5) is 15.2. The summed E-state index contributed by atoms with van der Waals surface area (Å²) in [7, 11) is 0. The van der Waals surface area contributed by atoms with E-state index in [9.17, 15) is 4.79 Å². The standard InChI is InChI=1S/C13H16BrNOS/c1-9(2)15(10-3-4-10)13(16)8-6-11-5-7-12(14)17-11/h5-10H,3-4H2,1-2H3/b8-6+. The van der Waals surface area contributed by atoms with E-state index in [1.807, 2.05) is 23.1 Å². The lowest BCUT2D eigenvalue weighted by Gasteiger charge is -2.25. The maximum atomic E-state index is 12.1. The van der Waals surface area contributed by atoms with Crippen LogP contribution in [0.15, 0.2) is 22.0 Å². The highest BCUT2D eigenvalue weighted by molar-refractivity contribution is 9.11. The SMILES string of the molecule is CC(C)N(C(=O)/C=C/c1ccc(Br)s1)C1CC1. The van der Waals surface area contributed by atoms with Crippen LogP contribution in [0.4, 0.5) is 0 Å². The number of hydrogen-bond donors (Lipinski definition) is 0. The lowest BCUT2D eigenvalue weighted by Crippen LogP contribution is -2.37. The second-order valence-electron chi connectivity index (χ2n) is 4.55. The first-order valence-electron chi connectivity index (χ1n) is 5.83. The number of amides is 1. The van der Waals surface area contributed by atoms with E-state index in [2.05, 4.69) is 29.8 Å². The van der Waals surface area contributed by atoms with Crippen LogP contribution in [-0.2, 0) is 4.79 Å². The molecule has 0 radical (unpaired) electrons. The quantitative estimate of drug-likeness (QED) is 0.771. The van der Waals surface area contributed by atoms with Crippen molar-refractivity contribution in [2.24, 2.45) is 0 Å². The zero-order valence-corrected chi connectivity index (χ0v) is 12.4. The van der Waals surface area contributed by atoms with E-state index >= 15 is 0 Å². The van der Waals surface area contributed by atoms with Crippen LogP contribution in [0.5, 0.6) is 0 Å². The van der Waals surface area contributed by atoms with E-state index in [4.69, 9.17) is 0 Å². The van der Waals surface area contributed by atoms with E-state index < -0.39 is 0 Å². The van der Waals surface area contributed by atoms with Crippen molar-refractivity contribution >= 4 is 39.2 Å². The first-order chi connectivity index (χ1) is 8.08. The molecule has 2 nitrogen and oxygen atoms in total. The highest BCUT2D eigenvalue weighted by Crippen LogP contribution is 2.29. The van der Waals surface area contributed by atoms with E-state index in [0.717, 1.165) is 21.5 Å². The van der Waals surface area contributed by atoms with Crippen molar-refractivity contribution in [1.82, 2.24) is 4.90 Å². The second-order valence-corrected chi connectivity index (χ2v) is 7.04. The van der Waals surface area contributed by atoms with Gasteiger partial charge in [0.1, 0.15) is 0 Å². The Morgan fingerprint density at radius 3 is 2.71 bits per heavy atom. The van der Waals surface area contributed by atoms with Gasteiger partial charge in [-0.2, -0.15) is 0 Å². The summed E-state index contributed by atoms with van der Waals surface area (Å²) in [6.07, 6.45) is 5.90. The summed E-state index contributed by atoms with van der Waals surface area (Å²) in [6.45, 7) is 4.15. The van der Waals surface area contributed by atoms with Gasteiger partial charge in [0.05, 0.1) is 3.79 Å². The van der Waals surface area contributed by atoms with Gasteiger partial charge in [-0.05, 0) is 60.8 Å². The fourth-order valence-corrected chi connectivity index (χ4v) is 3.19. The maximum Gasteiger partial charge on any atom is 0.247 e. The number of nitrogens with zero attached hydrogens (tertiary/aromatic N) is 1. The van der Waals surface area contributed by atoms with Crippen molar-refractivity contribution in [1.29, 1.82) is 0 Å². The number of carbonyl (C=O) groups is 1. The first-order valence-corrected chi connectivity index (χ1v) is 7.44. The van der Waals surface area contributed by atoms with Crippen LogP contribution in [0.3, 0.4) is 0 Å². The van der Waals surface area contributed by atoms with Crippen molar-refractivity contribution in [2.45, 2.75) is 38.8 Å². The molecule has 0 saturated heterocycles. The predicted molar refractivity (Wildman–Crippen MR) is 76.1 cm³/mol. The fraction of sp³-hybridized carbons (Fsp3) is 0.462. The fourth-order valence-electron chi connectivity index (χ4n) is 1.87. The molecule has 1 aliphatic rings. The molecule has 1 saturated carbocycles. The van der Waals surface area contributed by atoms with Gasteiger partial charge in [-0.1, -0.05) is 0 Å². The molecule has 1 amide bonds. The van der Waals surface area contributed by atoms with Crippen molar-refractivity contribution in [3.05, 3.63) is 26.9 Å². The van der Waals surface area contributed by atoms with E-state index in [1.165, 1.54) is 0 Å². The van der Waals surface area contributed by atoms with Gasteiger partial charge in [0, 0.05) is 23.0 Å². The molecule has 17 heavy (non-hydrogen) atoms. The topological polar surface area (TPSA) is 20.3 Å². The highest BCUT2D eigenvalue weighted by atomic mass is 79.9. The smallest absolute Gasteiger partial charge is 0.247 e. The Morgan fingerprint density at radius 2 is 2.24 bits per heavy atom. The monoisotopic (exact) mass is 313 g/mol. The molecular formula is C13H16BrNOS. The third-order valence-electron chi connectivity index (χ3n) is 2.74. The highest BCUT2D eigenvalue weighted by Gasteiger charge is 2.33. The zero-order valence-electron chi connectivity index (χ0n) is 10.0. The van der Waals surface area contributed by atoms with Crippen LogP contribution in [-0.4, -0.2) is 22.9 Å². The van der Waals surface area contributed by atoms with Gasteiger partial charge in [0.25, 0.3) is 0 Å². The van der Waals surface area contributed by atoms with E-state index in [-0.39, 0.29) is 11.9 Å². The molecule has 0 atom stereocenters. The largest absolute Gasteiger partial charge is 0.334 e. The number of carbonyl (C=O) groups excluding carboxylic acids is 1. The van der Waals surface area contributed by atoms with Gasteiger partial charge >= 0.3 is 0 Å². The Hall–Kier alpha value is -0.610. The molecule has 1 aromatic heterocycles. The number of rotatable bonds is 4. The summed E-state index contributed by atoms with van der Waals surface area (Å²) in [6, 6.07) is 4.77. The Balaban J connectivity index is 2.02. The summed E-state index contributed by atoms with van der Waals surface area (Å²) < 4.78 is 1.09. The van der Waals surface area contributed by atoms with Gasteiger partial charge < -0.3 is 4.90 Å².